The number of hydrogen-bond acceptors (Lipinski definition) is 4. The Labute approximate surface area is 103 Å². The minimum atomic E-state index is -3.12. The summed E-state index contributed by atoms with van der Waals surface area (Å²) in [5, 5.41) is 3.37. The highest BCUT2D eigenvalue weighted by atomic mass is 32.2. The minimum absolute atomic E-state index is 0.390. The lowest BCUT2D eigenvalue weighted by Crippen LogP contribution is -2.49. The van der Waals surface area contributed by atoms with E-state index in [2.05, 4.69) is 17.1 Å². The van der Waals surface area contributed by atoms with Crippen molar-refractivity contribution in [1.29, 1.82) is 0 Å². The molecule has 1 aromatic rings. The Hall–Kier alpha value is -1.07. The molecule has 0 saturated carbocycles. The zero-order chi connectivity index (χ0) is 12.5. The van der Waals surface area contributed by atoms with Crippen molar-refractivity contribution in [2.75, 3.05) is 30.8 Å². The molecule has 1 fully saturated rings. The van der Waals surface area contributed by atoms with Gasteiger partial charge in [0.15, 0.2) is 9.84 Å². The van der Waals surface area contributed by atoms with Gasteiger partial charge in [-0.3, -0.25) is 0 Å². The Bertz CT molecular complexity index is 499. The summed E-state index contributed by atoms with van der Waals surface area (Å²) < 4.78 is 23.0. The number of hydrogen-bond donors (Lipinski definition) is 1. The molecule has 17 heavy (non-hydrogen) atoms. The van der Waals surface area contributed by atoms with Crippen LogP contribution in [0.5, 0.6) is 0 Å². The van der Waals surface area contributed by atoms with Crippen LogP contribution < -0.4 is 10.2 Å². The molecule has 0 unspecified atom stereocenters. The van der Waals surface area contributed by atoms with Crippen LogP contribution in [0.1, 0.15) is 6.92 Å². The number of nitrogens with zero attached hydrogens (tertiary/aromatic N) is 1. The summed E-state index contributed by atoms with van der Waals surface area (Å²) in [5.74, 6) is 0. The molecule has 1 heterocycles. The van der Waals surface area contributed by atoms with E-state index in [4.69, 9.17) is 0 Å². The maximum absolute atomic E-state index is 11.5. The number of nitrogens with one attached hydrogen (secondary N) is 1. The zero-order valence-corrected chi connectivity index (χ0v) is 11.0. The highest BCUT2D eigenvalue weighted by molar-refractivity contribution is 7.90. The van der Waals surface area contributed by atoms with E-state index in [1.165, 1.54) is 6.26 Å². The molecule has 4 nitrogen and oxygen atoms in total. The van der Waals surface area contributed by atoms with E-state index in [9.17, 15) is 8.42 Å². The summed E-state index contributed by atoms with van der Waals surface area (Å²) in [6, 6.07) is 7.61. The topological polar surface area (TPSA) is 49.4 Å². The molecule has 0 spiro atoms. The Balaban J connectivity index is 2.27. The minimum Gasteiger partial charge on any atom is -0.369 e. The highest BCUT2D eigenvalue weighted by Gasteiger charge is 2.17. The summed E-state index contributed by atoms with van der Waals surface area (Å²) in [6.45, 7) is 4.89. The number of anilines is 1. The van der Waals surface area contributed by atoms with Gasteiger partial charge in [-0.05, 0) is 25.1 Å². The number of rotatable bonds is 2. The fraction of sp³-hybridized carbons (Fsp3) is 0.500. The molecular formula is C12H18N2O2S. The molecule has 1 aromatic carbocycles. The maximum atomic E-state index is 11.5. The van der Waals surface area contributed by atoms with E-state index >= 15 is 0 Å². The average molecular weight is 254 g/mol. The summed E-state index contributed by atoms with van der Waals surface area (Å²) in [5.41, 5.74) is 0.987. The first-order chi connectivity index (χ1) is 7.97. The molecule has 2 rings (SSSR count). The molecule has 0 amide bonds. The Morgan fingerprint density at radius 2 is 2.18 bits per heavy atom. The van der Waals surface area contributed by atoms with Crippen LogP contribution in [-0.2, 0) is 9.84 Å². The summed E-state index contributed by atoms with van der Waals surface area (Å²) in [4.78, 5) is 2.61. The average Bonchev–Trinajstić information content (AvgIpc) is 2.28. The molecule has 0 aliphatic carbocycles. The first-order valence-electron chi connectivity index (χ1n) is 5.75. The van der Waals surface area contributed by atoms with Crippen LogP contribution in [0.3, 0.4) is 0 Å². The van der Waals surface area contributed by atoms with E-state index in [1.54, 1.807) is 18.2 Å². The monoisotopic (exact) mass is 254 g/mol. The first-order valence-corrected chi connectivity index (χ1v) is 7.64. The SMILES string of the molecule is C[C@H]1CN(c2cccc(S(C)(=O)=O)c2)CCN1. The second-order valence-corrected chi connectivity index (χ2v) is 6.59. The molecule has 1 atom stereocenters. The van der Waals surface area contributed by atoms with Crippen molar-refractivity contribution in [2.24, 2.45) is 0 Å². The van der Waals surface area contributed by atoms with Gasteiger partial charge >= 0.3 is 0 Å². The lowest BCUT2D eigenvalue weighted by molar-refractivity contribution is 0.484. The third-order valence-electron chi connectivity index (χ3n) is 2.98. The van der Waals surface area contributed by atoms with Crippen molar-refractivity contribution in [3.8, 4) is 0 Å². The van der Waals surface area contributed by atoms with Gasteiger partial charge in [-0.1, -0.05) is 6.07 Å². The van der Waals surface area contributed by atoms with E-state index in [0.29, 0.717) is 10.9 Å². The normalized spacial score (nSPS) is 21.5. The molecule has 1 aliphatic heterocycles. The predicted octanol–water partition coefficient (Wildman–Crippen LogP) is 0.888. The van der Waals surface area contributed by atoms with E-state index in [-0.39, 0.29) is 0 Å². The second kappa shape index (κ2) is 4.66. The molecule has 1 aliphatic rings. The quantitative estimate of drug-likeness (QED) is 0.851. The van der Waals surface area contributed by atoms with Crippen LogP contribution in [0.15, 0.2) is 29.2 Å². The Morgan fingerprint density at radius 1 is 1.41 bits per heavy atom. The third-order valence-corrected chi connectivity index (χ3v) is 4.09. The highest BCUT2D eigenvalue weighted by Crippen LogP contribution is 2.20. The van der Waals surface area contributed by atoms with Gasteiger partial charge in [-0.25, -0.2) is 8.42 Å². The molecule has 0 aromatic heterocycles. The van der Waals surface area contributed by atoms with E-state index in [0.717, 1.165) is 25.3 Å². The fourth-order valence-electron chi connectivity index (χ4n) is 2.08. The van der Waals surface area contributed by atoms with Crippen molar-refractivity contribution in [3.63, 3.8) is 0 Å². The zero-order valence-electron chi connectivity index (χ0n) is 10.2. The Kier molecular flexibility index (Phi) is 3.40. The van der Waals surface area contributed by atoms with Gasteiger partial charge < -0.3 is 10.2 Å². The molecule has 1 N–H and O–H groups in total. The van der Waals surface area contributed by atoms with Crippen LogP contribution in [-0.4, -0.2) is 40.3 Å². The number of piperazine rings is 1. The van der Waals surface area contributed by atoms with Crippen LogP contribution in [0.4, 0.5) is 5.69 Å². The smallest absolute Gasteiger partial charge is 0.175 e. The van der Waals surface area contributed by atoms with Gasteiger partial charge in [-0.15, -0.1) is 0 Å². The van der Waals surface area contributed by atoms with Gasteiger partial charge in [0, 0.05) is 37.6 Å². The molecule has 1 saturated heterocycles. The lowest BCUT2D eigenvalue weighted by atomic mass is 10.2. The van der Waals surface area contributed by atoms with Crippen LogP contribution >= 0.6 is 0 Å². The lowest BCUT2D eigenvalue weighted by Gasteiger charge is -2.33. The fourth-order valence-corrected chi connectivity index (χ4v) is 2.74. The number of sulfone groups is 1. The largest absolute Gasteiger partial charge is 0.369 e. The van der Waals surface area contributed by atoms with Crippen molar-refractivity contribution in [1.82, 2.24) is 5.32 Å². The van der Waals surface area contributed by atoms with Crippen molar-refractivity contribution in [2.45, 2.75) is 17.9 Å². The van der Waals surface area contributed by atoms with Crippen LogP contribution in [0, 0.1) is 0 Å². The van der Waals surface area contributed by atoms with Gasteiger partial charge in [0.25, 0.3) is 0 Å². The number of benzene rings is 1. The Morgan fingerprint density at radius 3 is 2.82 bits per heavy atom. The first kappa shape index (κ1) is 12.4. The van der Waals surface area contributed by atoms with Crippen molar-refractivity contribution in [3.05, 3.63) is 24.3 Å². The van der Waals surface area contributed by atoms with E-state index < -0.39 is 9.84 Å². The van der Waals surface area contributed by atoms with Gasteiger partial charge in [0.2, 0.25) is 0 Å². The second-order valence-electron chi connectivity index (χ2n) is 4.57. The van der Waals surface area contributed by atoms with Gasteiger partial charge in [-0.2, -0.15) is 0 Å². The van der Waals surface area contributed by atoms with Crippen molar-refractivity contribution < 1.29 is 8.42 Å². The molecular weight excluding hydrogens is 236 g/mol. The predicted molar refractivity (Wildman–Crippen MR) is 69.2 cm³/mol. The molecule has 94 valence electrons. The summed E-state index contributed by atoms with van der Waals surface area (Å²) in [7, 11) is -3.12. The molecule has 5 heteroatoms. The van der Waals surface area contributed by atoms with Crippen molar-refractivity contribution >= 4 is 15.5 Å². The summed E-state index contributed by atoms with van der Waals surface area (Å²) >= 11 is 0. The standard InChI is InChI=1S/C12H18N2O2S/c1-10-9-14(7-6-13-10)11-4-3-5-12(8-11)17(2,15)16/h3-5,8,10,13H,6-7,9H2,1-2H3/t10-/m0/s1. The molecule has 0 radical (unpaired) electrons. The van der Waals surface area contributed by atoms with Gasteiger partial charge in [0.05, 0.1) is 4.90 Å². The van der Waals surface area contributed by atoms with Crippen LogP contribution in [0.2, 0.25) is 0 Å². The summed E-state index contributed by atoms with van der Waals surface area (Å²) in [6.07, 6.45) is 1.24. The molecule has 0 bridgehead atoms. The van der Waals surface area contributed by atoms with Crippen LogP contribution in [0.25, 0.3) is 0 Å². The third kappa shape index (κ3) is 2.98. The van der Waals surface area contributed by atoms with Gasteiger partial charge in [0.1, 0.15) is 0 Å². The maximum Gasteiger partial charge on any atom is 0.175 e. The van der Waals surface area contributed by atoms with E-state index in [1.807, 2.05) is 6.07 Å².